The zero-order valence-electron chi connectivity index (χ0n) is 11.6. The van der Waals surface area contributed by atoms with Crippen LogP contribution < -0.4 is 5.73 Å². The van der Waals surface area contributed by atoms with Crippen LogP contribution in [-0.2, 0) is 4.79 Å². The topological polar surface area (TPSA) is 63.3 Å². The van der Waals surface area contributed by atoms with Gasteiger partial charge in [-0.15, -0.1) is 0 Å². The molecule has 3 heteroatoms. The lowest BCUT2D eigenvalue weighted by atomic mass is 10.1. The van der Waals surface area contributed by atoms with E-state index in [4.69, 9.17) is 10.8 Å². The molecule has 0 spiro atoms. The Balaban J connectivity index is 2.13. The first kappa shape index (κ1) is 14.8. The zero-order chi connectivity index (χ0) is 15.8. The van der Waals surface area contributed by atoms with Crippen molar-refractivity contribution in [3.8, 4) is 35.6 Å². The number of benzene rings is 2. The van der Waals surface area contributed by atoms with E-state index in [0.717, 1.165) is 16.7 Å². The average molecular weight is 285 g/mol. The molecule has 0 atom stereocenters. The number of carbonyl (C=O) groups is 1. The van der Waals surface area contributed by atoms with Crippen molar-refractivity contribution in [3.63, 3.8) is 0 Å². The molecule has 0 fully saturated rings. The van der Waals surface area contributed by atoms with Crippen LogP contribution in [0.1, 0.15) is 22.3 Å². The van der Waals surface area contributed by atoms with Crippen molar-refractivity contribution in [1.29, 1.82) is 0 Å². The van der Waals surface area contributed by atoms with E-state index < -0.39 is 5.97 Å². The minimum Gasteiger partial charge on any atom is -0.472 e. The van der Waals surface area contributed by atoms with E-state index in [-0.39, 0.29) is 0 Å². The fourth-order valence-corrected chi connectivity index (χ4v) is 1.63. The molecule has 0 heterocycles. The van der Waals surface area contributed by atoms with Gasteiger partial charge in [0.2, 0.25) is 0 Å². The van der Waals surface area contributed by atoms with Crippen LogP contribution in [-0.4, -0.2) is 11.1 Å². The Bertz CT molecular complexity index is 859. The van der Waals surface area contributed by atoms with Gasteiger partial charge in [-0.05, 0) is 54.5 Å². The minimum atomic E-state index is -1.15. The molecule has 0 saturated carbocycles. The van der Waals surface area contributed by atoms with Gasteiger partial charge in [0.15, 0.2) is 0 Å². The van der Waals surface area contributed by atoms with E-state index in [1.54, 1.807) is 24.3 Å². The molecular formula is C19H11NO2. The molecule has 0 amide bonds. The molecule has 2 aromatic carbocycles. The second-order valence-corrected chi connectivity index (χ2v) is 4.23. The van der Waals surface area contributed by atoms with Crippen molar-refractivity contribution < 1.29 is 9.90 Å². The summed E-state index contributed by atoms with van der Waals surface area (Å²) in [5.74, 6) is 12.3. The second kappa shape index (κ2) is 7.25. The third-order valence-electron chi connectivity index (χ3n) is 2.65. The summed E-state index contributed by atoms with van der Waals surface area (Å²) in [7, 11) is 0. The Morgan fingerprint density at radius 1 is 0.727 bits per heavy atom. The van der Waals surface area contributed by atoms with Crippen LogP contribution in [0, 0.1) is 35.6 Å². The fourth-order valence-electron chi connectivity index (χ4n) is 1.63. The van der Waals surface area contributed by atoms with Gasteiger partial charge in [0.25, 0.3) is 0 Å². The van der Waals surface area contributed by atoms with Crippen molar-refractivity contribution in [2.45, 2.75) is 0 Å². The quantitative estimate of drug-likeness (QED) is 0.573. The first-order valence-corrected chi connectivity index (χ1v) is 6.36. The highest BCUT2D eigenvalue weighted by atomic mass is 16.4. The number of aliphatic carboxylic acids is 1. The van der Waals surface area contributed by atoms with Crippen molar-refractivity contribution in [2.75, 3.05) is 0 Å². The van der Waals surface area contributed by atoms with E-state index in [0.29, 0.717) is 5.56 Å². The molecule has 22 heavy (non-hydrogen) atoms. The van der Waals surface area contributed by atoms with Crippen LogP contribution in [0.15, 0.2) is 48.5 Å². The van der Waals surface area contributed by atoms with Gasteiger partial charge in [0.05, 0.1) is 0 Å². The molecule has 0 aromatic heterocycles. The largest absolute Gasteiger partial charge is 0.472 e. The maximum absolute atomic E-state index is 10.4. The number of rotatable bonds is 0. The Labute approximate surface area is 128 Å². The normalized spacial score (nSPS) is 8.36. The fraction of sp³-hybridized carbons (Fsp3) is 0. The van der Waals surface area contributed by atoms with Crippen LogP contribution >= 0.6 is 0 Å². The van der Waals surface area contributed by atoms with Gasteiger partial charge in [-0.25, -0.2) is 4.79 Å². The zero-order valence-corrected chi connectivity index (χ0v) is 11.6. The molecule has 0 saturated heterocycles. The number of hydrogen-bond donors (Lipinski definition) is 2. The summed E-state index contributed by atoms with van der Waals surface area (Å²) in [4.78, 5) is 10.4. The monoisotopic (exact) mass is 285 g/mol. The number of carboxylic acid groups (broad SMARTS) is 1. The third-order valence-corrected chi connectivity index (χ3v) is 2.65. The summed E-state index contributed by atoms with van der Waals surface area (Å²) < 4.78 is 0. The molecule has 0 unspecified atom stereocenters. The van der Waals surface area contributed by atoms with Gasteiger partial charge >= 0.3 is 5.97 Å². The predicted octanol–water partition coefficient (Wildman–Crippen LogP) is 1.79. The molecule has 104 valence electrons. The lowest BCUT2D eigenvalue weighted by molar-refractivity contribution is -0.130. The van der Waals surface area contributed by atoms with E-state index in [9.17, 15) is 4.79 Å². The minimum absolute atomic E-state index is 0.637. The standard InChI is InChI=1S/C19H11NO2/c20-14-13-18-9-7-16(8-10-18)2-1-15-3-5-17(6-4-15)11-12-19(21)22/h3-10H,20H2,(H,21,22). The van der Waals surface area contributed by atoms with Crippen LogP contribution in [0.25, 0.3) is 0 Å². The van der Waals surface area contributed by atoms with E-state index in [1.807, 2.05) is 24.3 Å². The highest BCUT2D eigenvalue weighted by Gasteiger charge is 1.91. The van der Waals surface area contributed by atoms with Crippen LogP contribution in [0.2, 0.25) is 0 Å². The first-order valence-electron chi connectivity index (χ1n) is 6.36. The lowest BCUT2D eigenvalue weighted by Gasteiger charge is -1.93. The number of nitrogens with two attached hydrogens (primary N) is 1. The number of carboxylic acids is 1. The Kier molecular flexibility index (Phi) is 4.87. The van der Waals surface area contributed by atoms with Crippen molar-refractivity contribution >= 4 is 5.97 Å². The van der Waals surface area contributed by atoms with E-state index >= 15 is 0 Å². The summed E-state index contributed by atoms with van der Waals surface area (Å²) >= 11 is 0. The van der Waals surface area contributed by atoms with Gasteiger partial charge in [0, 0.05) is 34.2 Å². The highest BCUT2D eigenvalue weighted by Crippen LogP contribution is 2.04. The SMILES string of the molecule is NC#Cc1ccc(C#Cc2ccc(C#CC(=O)O)cc2)cc1. The van der Waals surface area contributed by atoms with Crippen LogP contribution in [0.4, 0.5) is 0 Å². The summed E-state index contributed by atoms with van der Waals surface area (Å²) in [5, 5.41) is 8.48. The van der Waals surface area contributed by atoms with Gasteiger partial charge in [-0.1, -0.05) is 17.8 Å². The molecular weight excluding hydrogens is 274 g/mol. The second-order valence-electron chi connectivity index (χ2n) is 4.23. The molecule has 0 bridgehead atoms. The molecule has 2 aromatic rings. The van der Waals surface area contributed by atoms with Crippen molar-refractivity contribution in [1.82, 2.24) is 0 Å². The van der Waals surface area contributed by atoms with Crippen LogP contribution in [0.3, 0.4) is 0 Å². The molecule has 2 rings (SSSR count). The molecule has 0 radical (unpaired) electrons. The first-order chi connectivity index (χ1) is 10.7. The van der Waals surface area contributed by atoms with Crippen molar-refractivity contribution in [3.05, 3.63) is 70.8 Å². The van der Waals surface area contributed by atoms with Crippen LogP contribution in [0.5, 0.6) is 0 Å². The van der Waals surface area contributed by atoms with Gasteiger partial charge in [0.1, 0.15) is 0 Å². The summed E-state index contributed by atoms with van der Waals surface area (Å²) in [6.07, 6.45) is 0. The third kappa shape index (κ3) is 4.49. The Morgan fingerprint density at radius 2 is 1.09 bits per heavy atom. The maximum Gasteiger partial charge on any atom is 0.382 e. The van der Waals surface area contributed by atoms with E-state index in [1.165, 1.54) is 0 Å². The summed E-state index contributed by atoms with van der Waals surface area (Å²) in [6, 6.07) is 16.9. The Morgan fingerprint density at radius 3 is 1.45 bits per heavy atom. The molecule has 3 N–H and O–H groups in total. The molecule has 0 aliphatic rings. The summed E-state index contributed by atoms with van der Waals surface area (Å²) in [6.45, 7) is 0. The van der Waals surface area contributed by atoms with Crippen molar-refractivity contribution in [2.24, 2.45) is 5.73 Å². The van der Waals surface area contributed by atoms with E-state index in [2.05, 4.69) is 35.6 Å². The molecule has 3 nitrogen and oxygen atoms in total. The smallest absolute Gasteiger partial charge is 0.382 e. The van der Waals surface area contributed by atoms with Gasteiger partial charge in [-0.2, -0.15) is 0 Å². The predicted molar refractivity (Wildman–Crippen MR) is 84.4 cm³/mol. The maximum atomic E-state index is 10.4. The molecule has 0 aliphatic carbocycles. The Hall–Kier alpha value is -3.61. The summed E-state index contributed by atoms with van der Waals surface area (Å²) in [5.41, 5.74) is 8.33. The van der Waals surface area contributed by atoms with Gasteiger partial charge in [-0.3, -0.25) is 0 Å². The average Bonchev–Trinajstić information content (AvgIpc) is 2.53. The van der Waals surface area contributed by atoms with Gasteiger partial charge < -0.3 is 10.8 Å². The molecule has 0 aliphatic heterocycles. The highest BCUT2D eigenvalue weighted by molar-refractivity contribution is 5.87. The lowest BCUT2D eigenvalue weighted by Crippen LogP contribution is -1.87. The number of hydrogen-bond acceptors (Lipinski definition) is 2.